The third kappa shape index (κ3) is 6.22. The van der Waals surface area contributed by atoms with Crippen molar-refractivity contribution >= 4 is 0 Å². The van der Waals surface area contributed by atoms with Crippen LogP contribution in [0.1, 0.15) is 43.4 Å². The van der Waals surface area contributed by atoms with Gasteiger partial charge in [-0.3, -0.25) is 0 Å². The Labute approximate surface area is 119 Å². The lowest BCUT2D eigenvalue weighted by Gasteiger charge is -2.20. The molecule has 0 aliphatic carbocycles. The zero-order chi connectivity index (χ0) is 14.3. The number of nitrogens with zero attached hydrogens (tertiary/aromatic N) is 1. The van der Waals surface area contributed by atoms with Crippen LogP contribution in [0.25, 0.3) is 0 Å². The first kappa shape index (κ1) is 16.2. The Morgan fingerprint density at radius 3 is 2.58 bits per heavy atom. The first-order chi connectivity index (χ1) is 9.00. The average Bonchev–Trinajstić information content (AvgIpc) is 2.37. The van der Waals surface area contributed by atoms with Crippen molar-refractivity contribution in [2.24, 2.45) is 0 Å². The number of unbranched alkanes of at least 4 members (excludes halogenated alkanes) is 1. The summed E-state index contributed by atoms with van der Waals surface area (Å²) in [5, 5.41) is 3.55. The van der Waals surface area contributed by atoms with Crippen LogP contribution in [0, 0.1) is 13.8 Å². The topological polar surface area (TPSA) is 15.3 Å². The number of hydrogen-bond donors (Lipinski definition) is 1. The summed E-state index contributed by atoms with van der Waals surface area (Å²) >= 11 is 0. The van der Waals surface area contributed by atoms with Crippen LogP contribution in [0.4, 0.5) is 0 Å². The molecule has 0 fully saturated rings. The highest BCUT2D eigenvalue weighted by atomic mass is 15.1. The molecule has 0 heterocycles. The van der Waals surface area contributed by atoms with E-state index in [-0.39, 0.29) is 0 Å². The molecule has 0 bridgehead atoms. The molecule has 1 N–H and O–H groups in total. The molecule has 0 saturated heterocycles. The quantitative estimate of drug-likeness (QED) is 0.721. The third-order valence-corrected chi connectivity index (χ3v) is 3.82. The molecular weight excluding hydrogens is 232 g/mol. The minimum Gasteiger partial charge on any atom is -0.313 e. The van der Waals surface area contributed by atoms with Crippen LogP contribution in [0.15, 0.2) is 18.2 Å². The fourth-order valence-electron chi connectivity index (χ4n) is 2.08. The summed E-state index contributed by atoms with van der Waals surface area (Å²) in [5.41, 5.74) is 4.16. The summed E-state index contributed by atoms with van der Waals surface area (Å²) in [4.78, 5) is 2.41. The van der Waals surface area contributed by atoms with Crippen molar-refractivity contribution in [3.63, 3.8) is 0 Å². The lowest BCUT2D eigenvalue weighted by atomic mass is 10.1. The van der Waals surface area contributed by atoms with Crippen molar-refractivity contribution in [1.29, 1.82) is 0 Å². The number of aryl methyl sites for hydroxylation is 2. The highest BCUT2D eigenvalue weighted by molar-refractivity contribution is 5.30. The average molecular weight is 262 g/mol. The van der Waals surface area contributed by atoms with Gasteiger partial charge in [0.15, 0.2) is 0 Å². The Balaban J connectivity index is 2.16. The first-order valence-electron chi connectivity index (χ1n) is 7.48. The van der Waals surface area contributed by atoms with Crippen LogP contribution in [-0.2, 0) is 6.54 Å². The van der Waals surface area contributed by atoms with Gasteiger partial charge < -0.3 is 10.2 Å². The van der Waals surface area contributed by atoms with E-state index in [9.17, 15) is 0 Å². The molecule has 1 aromatic carbocycles. The zero-order valence-electron chi connectivity index (χ0n) is 13.3. The standard InChI is InChI=1S/C17H30N2/c1-14(2)19(5)11-7-6-10-18-13-17-12-15(3)8-9-16(17)4/h8-9,12,14,18H,6-7,10-11,13H2,1-5H3. The largest absolute Gasteiger partial charge is 0.313 e. The maximum absolute atomic E-state index is 3.55. The van der Waals surface area contributed by atoms with Crippen molar-refractivity contribution < 1.29 is 0 Å². The monoisotopic (exact) mass is 262 g/mol. The first-order valence-corrected chi connectivity index (χ1v) is 7.48. The van der Waals surface area contributed by atoms with Gasteiger partial charge in [-0.15, -0.1) is 0 Å². The predicted octanol–water partition coefficient (Wildman–Crippen LogP) is 3.51. The molecule has 1 aromatic rings. The van der Waals surface area contributed by atoms with Gasteiger partial charge in [0.25, 0.3) is 0 Å². The fraction of sp³-hybridized carbons (Fsp3) is 0.647. The van der Waals surface area contributed by atoms with Crippen molar-refractivity contribution in [3.8, 4) is 0 Å². The molecule has 0 saturated carbocycles. The second kappa shape index (κ2) is 8.34. The molecule has 0 radical (unpaired) electrons. The second-order valence-electron chi connectivity index (χ2n) is 5.89. The molecule has 0 aromatic heterocycles. The van der Waals surface area contributed by atoms with E-state index in [0.29, 0.717) is 6.04 Å². The number of rotatable bonds is 8. The number of nitrogens with one attached hydrogen (secondary N) is 1. The maximum Gasteiger partial charge on any atom is 0.0208 e. The minimum absolute atomic E-state index is 0.655. The summed E-state index contributed by atoms with van der Waals surface area (Å²) in [5.74, 6) is 0. The van der Waals surface area contributed by atoms with E-state index in [1.54, 1.807) is 0 Å². The van der Waals surface area contributed by atoms with Crippen LogP contribution >= 0.6 is 0 Å². The van der Waals surface area contributed by atoms with Gasteiger partial charge in [0.05, 0.1) is 0 Å². The van der Waals surface area contributed by atoms with Gasteiger partial charge in [-0.1, -0.05) is 23.8 Å². The van der Waals surface area contributed by atoms with Crippen LogP contribution in [0.5, 0.6) is 0 Å². The Kier molecular flexibility index (Phi) is 7.11. The van der Waals surface area contributed by atoms with Crippen LogP contribution < -0.4 is 5.32 Å². The van der Waals surface area contributed by atoms with E-state index in [2.05, 4.69) is 63.2 Å². The van der Waals surface area contributed by atoms with Gasteiger partial charge in [0, 0.05) is 12.6 Å². The normalized spacial score (nSPS) is 11.5. The Bertz CT molecular complexity index is 372. The molecule has 0 unspecified atom stereocenters. The van der Waals surface area contributed by atoms with E-state index in [0.717, 1.165) is 13.1 Å². The molecule has 0 spiro atoms. The van der Waals surface area contributed by atoms with Crippen molar-refractivity contribution in [2.45, 2.75) is 53.1 Å². The van der Waals surface area contributed by atoms with Gasteiger partial charge in [-0.2, -0.15) is 0 Å². The Morgan fingerprint density at radius 1 is 1.16 bits per heavy atom. The van der Waals surface area contributed by atoms with E-state index < -0.39 is 0 Å². The van der Waals surface area contributed by atoms with Crippen LogP contribution in [-0.4, -0.2) is 31.1 Å². The van der Waals surface area contributed by atoms with Crippen LogP contribution in [0.2, 0.25) is 0 Å². The molecule has 108 valence electrons. The zero-order valence-corrected chi connectivity index (χ0v) is 13.3. The third-order valence-electron chi connectivity index (χ3n) is 3.82. The summed E-state index contributed by atoms with van der Waals surface area (Å²) < 4.78 is 0. The SMILES string of the molecule is Cc1ccc(C)c(CNCCCCN(C)C(C)C)c1. The van der Waals surface area contributed by atoms with E-state index in [4.69, 9.17) is 0 Å². The highest BCUT2D eigenvalue weighted by Crippen LogP contribution is 2.10. The maximum atomic E-state index is 3.55. The van der Waals surface area contributed by atoms with Crippen molar-refractivity contribution in [1.82, 2.24) is 10.2 Å². The summed E-state index contributed by atoms with van der Waals surface area (Å²) in [6.07, 6.45) is 2.52. The molecule has 2 nitrogen and oxygen atoms in total. The van der Waals surface area contributed by atoms with Gasteiger partial charge >= 0.3 is 0 Å². The molecule has 0 aliphatic rings. The molecule has 0 atom stereocenters. The van der Waals surface area contributed by atoms with Gasteiger partial charge in [-0.05, 0) is 71.8 Å². The number of hydrogen-bond acceptors (Lipinski definition) is 2. The summed E-state index contributed by atoms with van der Waals surface area (Å²) in [6, 6.07) is 7.34. The van der Waals surface area contributed by atoms with Crippen LogP contribution in [0.3, 0.4) is 0 Å². The predicted molar refractivity (Wildman–Crippen MR) is 84.6 cm³/mol. The Morgan fingerprint density at radius 2 is 1.89 bits per heavy atom. The lowest BCUT2D eigenvalue weighted by Crippen LogP contribution is -2.27. The smallest absolute Gasteiger partial charge is 0.0208 e. The second-order valence-corrected chi connectivity index (χ2v) is 5.89. The fourth-order valence-corrected chi connectivity index (χ4v) is 2.08. The van der Waals surface area contributed by atoms with Crippen molar-refractivity contribution in [3.05, 3.63) is 34.9 Å². The number of benzene rings is 1. The summed E-state index contributed by atoms with van der Waals surface area (Å²) in [6.45, 7) is 12.1. The Hall–Kier alpha value is -0.860. The molecule has 1 rings (SSSR count). The highest BCUT2D eigenvalue weighted by Gasteiger charge is 2.02. The molecule has 0 aliphatic heterocycles. The van der Waals surface area contributed by atoms with E-state index in [1.165, 1.54) is 36.1 Å². The molecule has 19 heavy (non-hydrogen) atoms. The lowest BCUT2D eigenvalue weighted by molar-refractivity contribution is 0.268. The molecule has 0 amide bonds. The summed E-state index contributed by atoms with van der Waals surface area (Å²) in [7, 11) is 2.20. The molecule has 2 heteroatoms. The van der Waals surface area contributed by atoms with E-state index in [1.807, 2.05) is 0 Å². The van der Waals surface area contributed by atoms with Gasteiger partial charge in [-0.25, -0.2) is 0 Å². The van der Waals surface area contributed by atoms with Crippen molar-refractivity contribution in [2.75, 3.05) is 20.1 Å². The van der Waals surface area contributed by atoms with Gasteiger partial charge in [0.2, 0.25) is 0 Å². The molecular formula is C17H30N2. The van der Waals surface area contributed by atoms with E-state index >= 15 is 0 Å². The minimum atomic E-state index is 0.655. The van der Waals surface area contributed by atoms with Gasteiger partial charge in [0.1, 0.15) is 0 Å².